The van der Waals surface area contributed by atoms with E-state index in [1.807, 2.05) is 42.5 Å². The lowest BCUT2D eigenvalue weighted by atomic mass is 10.1. The zero-order valence-corrected chi connectivity index (χ0v) is 14.7. The highest BCUT2D eigenvalue weighted by Gasteiger charge is 2.11. The molecule has 0 atom stereocenters. The molecule has 0 saturated heterocycles. The highest BCUT2D eigenvalue weighted by Crippen LogP contribution is 2.32. The molecule has 4 nitrogen and oxygen atoms in total. The molecule has 0 saturated carbocycles. The number of methoxy groups -OCH3 is 1. The predicted molar refractivity (Wildman–Crippen MR) is 96.8 cm³/mol. The van der Waals surface area contributed by atoms with Crippen LogP contribution in [0.1, 0.15) is 24.0 Å². The van der Waals surface area contributed by atoms with Gasteiger partial charge in [-0.15, -0.1) is 0 Å². The molecule has 0 fully saturated rings. The number of nitrogens with one attached hydrogen (secondary N) is 1. The Bertz CT molecular complexity index is 634. The van der Waals surface area contributed by atoms with E-state index >= 15 is 0 Å². The van der Waals surface area contributed by atoms with Gasteiger partial charge in [-0.05, 0) is 31.5 Å². The van der Waals surface area contributed by atoms with Gasteiger partial charge in [0.25, 0.3) is 0 Å². The van der Waals surface area contributed by atoms with Crippen molar-refractivity contribution in [3.63, 3.8) is 0 Å². The maximum Gasteiger partial charge on any atom is 0.166 e. The summed E-state index contributed by atoms with van der Waals surface area (Å²) < 4.78 is 11.4. The monoisotopic (exact) mass is 349 g/mol. The molecular formula is C19H24ClNO3. The Morgan fingerprint density at radius 1 is 1.04 bits per heavy atom. The first-order valence-electron chi connectivity index (χ1n) is 8.10. The van der Waals surface area contributed by atoms with E-state index < -0.39 is 0 Å². The topological polar surface area (TPSA) is 50.7 Å². The second kappa shape index (κ2) is 10.2. The first-order valence-corrected chi connectivity index (χ1v) is 8.47. The van der Waals surface area contributed by atoms with E-state index in [1.54, 1.807) is 7.11 Å². The van der Waals surface area contributed by atoms with Crippen LogP contribution in [0.5, 0.6) is 11.5 Å². The normalized spacial score (nSPS) is 10.6. The number of ether oxygens (including phenoxy) is 2. The minimum atomic E-state index is 0.229. The van der Waals surface area contributed by atoms with Gasteiger partial charge in [-0.1, -0.05) is 41.9 Å². The van der Waals surface area contributed by atoms with Crippen LogP contribution in [-0.4, -0.2) is 25.4 Å². The molecule has 5 heteroatoms. The second-order valence-corrected chi connectivity index (χ2v) is 5.84. The second-order valence-electron chi connectivity index (χ2n) is 5.44. The smallest absolute Gasteiger partial charge is 0.166 e. The van der Waals surface area contributed by atoms with Crippen LogP contribution >= 0.6 is 11.6 Å². The van der Waals surface area contributed by atoms with Crippen molar-refractivity contribution in [1.82, 2.24) is 5.32 Å². The Morgan fingerprint density at radius 3 is 2.58 bits per heavy atom. The summed E-state index contributed by atoms with van der Waals surface area (Å²) in [5.41, 5.74) is 1.97. The average molecular weight is 350 g/mol. The van der Waals surface area contributed by atoms with E-state index in [2.05, 4.69) is 5.32 Å². The molecule has 24 heavy (non-hydrogen) atoms. The van der Waals surface area contributed by atoms with Crippen molar-refractivity contribution in [3.05, 3.63) is 58.6 Å². The van der Waals surface area contributed by atoms with Crippen molar-refractivity contribution in [1.29, 1.82) is 0 Å². The van der Waals surface area contributed by atoms with Gasteiger partial charge in [0.1, 0.15) is 6.61 Å². The standard InChI is InChI=1S/C19H24ClNO3/c1-23-18-10-6-8-15(13-21-11-4-5-12-22)19(18)24-14-16-7-2-3-9-17(16)20/h2-3,6-10,21-22H,4-5,11-14H2,1H3. The van der Waals surface area contributed by atoms with Gasteiger partial charge in [0, 0.05) is 29.3 Å². The van der Waals surface area contributed by atoms with E-state index in [9.17, 15) is 0 Å². The Labute approximate surface area is 148 Å². The lowest BCUT2D eigenvalue weighted by Gasteiger charge is -2.16. The Hall–Kier alpha value is -1.75. The van der Waals surface area contributed by atoms with Gasteiger partial charge in [-0.2, -0.15) is 0 Å². The number of halogens is 1. The van der Waals surface area contributed by atoms with E-state index in [4.69, 9.17) is 26.2 Å². The maximum atomic E-state index is 8.82. The summed E-state index contributed by atoms with van der Waals surface area (Å²) in [7, 11) is 1.64. The molecule has 130 valence electrons. The van der Waals surface area contributed by atoms with Crippen molar-refractivity contribution < 1.29 is 14.6 Å². The Kier molecular flexibility index (Phi) is 7.89. The zero-order chi connectivity index (χ0) is 17.2. The molecule has 0 bridgehead atoms. The molecule has 0 heterocycles. The van der Waals surface area contributed by atoms with Crippen LogP contribution in [0.15, 0.2) is 42.5 Å². The molecular weight excluding hydrogens is 326 g/mol. The van der Waals surface area contributed by atoms with Crippen LogP contribution in [0.25, 0.3) is 0 Å². The predicted octanol–water partition coefficient (Wildman–Crippen LogP) is 3.79. The molecule has 0 spiro atoms. The average Bonchev–Trinajstić information content (AvgIpc) is 2.61. The van der Waals surface area contributed by atoms with Gasteiger partial charge in [-0.3, -0.25) is 0 Å². The highest BCUT2D eigenvalue weighted by atomic mass is 35.5. The van der Waals surface area contributed by atoms with E-state index in [1.165, 1.54) is 0 Å². The summed E-state index contributed by atoms with van der Waals surface area (Å²) >= 11 is 6.19. The summed E-state index contributed by atoms with van der Waals surface area (Å²) in [6.07, 6.45) is 1.75. The number of hydrogen-bond acceptors (Lipinski definition) is 4. The maximum absolute atomic E-state index is 8.82. The molecule has 0 aliphatic carbocycles. The van der Waals surface area contributed by atoms with Gasteiger partial charge in [-0.25, -0.2) is 0 Å². The third-order valence-electron chi connectivity index (χ3n) is 3.69. The third-order valence-corrected chi connectivity index (χ3v) is 4.06. The molecule has 2 N–H and O–H groups in total. The van der Waals surface area contributed by atoms with Gasteiger partial charge in [0.05, 0.1) is 7.11 Å². The number of aliphatic hydroxyl groups excluding tert-OH is 1. The summed E-state index contributed by atoms with van der Waals surface area (Å²) in [5, 5.41) is 12.9. The number of hydrogen-bond donors (Lipinski definition) is 2. The van der Waals surface area contributed by atoms with Crippen molar-refractivity contribution in [2.24, 2.45) is 0 Å². The fourth-order valence-corrected chi connectivity index (χ4v) is 2.57. The van der Waals surface area contributed by atoms with Gasteiger partial charge < -0.3 is 19.9 Å². The molecule has 0 radical (unpaired) electrons. The largest absolute Gasteiger partial charge is 0.493 e. The molecule has 2 aromatic rings. The summed E-state index contributed by atoms with van der Waals surface area (Å²) in [5.74, 6) is 1.44. The molecule has 2 aromatic carbocycles. The van der Waals surface area contributed by atoms with Crippen LogP contribution in [0, 0.1) is 0 Å². The van der Waals surface area contributed by atoms with E-state index in [0.29, 0.717) is 23.9 Å². The number of para-hydroxylation sites is 1. The van der Waals surface area contributed by atoms with Gasteiger partial charge in [0.15, 0.2) is 11.5 Å². The fourth-order valence-electron chi connectivity index (χ4n) is 2.38. The third kappa shape index (κ3) is 5.41. The lowest BCUT2D eigenvalue weighted by Crippen LogP contribution is -2.16. The molecule has 0 unspecified atom stereocenters. The number of rotatable bonds is 10. The van der Waals surface area contributed by atoms with Crippen molar-refractivity contribution >= 4 is 11.6 Å². The van der Waals surface area contributed by atoms with E-state index in [-0.39, 0.29) is 6.61 Å². The van der Waals surface area contributed by atoms with Crippen LogP contribution in [0.3, 0.4) is 0 Å². The summed E-state index contributed by atoms with van der Waals surface area (Å²) in [6.45, 7) is 2.15. The Balaban J connectivity index is 2.04. The minimum absolute atomic E-state index is 0.229. The summed E-state index contributed by atoms with van der Waals surface area (Å²) in [6, 6.07) is 13.5. The first-order chi connectivity index (χ1) is 11.8. The Morgan fingerprint density at radius 2 is 1.83 bits per heavy atom. The van der Waals surface area contributed by atoms with Crippen molar-refractivity contribution in [3.8, 4) is 11.5 Å². The number of aliphatic hydroxyl groups is 1. The number of benzene rings is 2. The quantitative estimate of drug-likeness (QED) is 0.641. The van der Waals surface area contributed by atoms with Crippen LogP contribution in [-0.2, 0) is 13.2 Å². The van der Waals surface area contributed by atoms with Gasteiger partial charge in [0.2, 0.25) is 0 Å². The van der Waals surface area contributed by atoms with Crippen molar-refractivity contribution in [2.75, 3.05) is 20.3 Å². The molecule has 0 aliphatic heterocycles. The fraction of sp³-hybridized carbons (Fsp3) is 0.368. The van der Waals surface area contributed by atoms with Crippen LogP contribution in [0.2, 0.25) is 5.02 Å². The zero-order valence-electron chi connectivity index (χ0n) is 13.9. The van der Waals surface area contributed by atoms with E-state index in [0.717, 1.165) is 36.3 Å². The van der Waals surface area contributed by atoms with Crippen LogP contribution < -0.4 is 14.8 Å². The molecule has 2 rings (SSSR count). The summed E-state index contributed by atoms with van der Waals surface area (Å²) in [4.78, 5) is 0. The van der Waals surface area contributed by atoms with Gasteiger partial charge >= 0.3 is 0 Å². The molecule has 0 aromatic heterocycles. The molecule has 0 amide bonds. The number of unbranched alkanes of at least 4 members (excludes halogenated alkanes) is 1. The minimum Gasteiger partial charge on any atom is -0.493 e. The van der Waals surface area contributed by atoms with Crippen LogP contribution in [0.4, 0.5) is 0 Å². The van der Waals surface area contributed by atoms with Crippen molar-refractivity contribution in [2.45, 2.75) is 26.0 Å². The molecule has 0 aliphatic rings. The highest BCUT2D eigenvalue weighted by molar-refractivity contribution is 6.31. The lowest BCUT2D eigenvalue weighted by molar-refractivity contribution is 0.279. The first kappa shape index (κ1) is 18.6. The SMILES string of the molecule is COc1cccc(CNCCCCO)c1OCc1ccccc1Cl.